The minimum atomic E-state index is -0.110. The molecule has 1 aliphatic carbocycles. The zero-order valence-electron chi connectivity index (χ0n) is 37.5. The van der Waals surface area contributed by atoms with E-state index in [1.54, 1.807) is 0 Å². The van der Waals surface area contributed by atoms with Gasteiger partial charge < -0.3 is 9.47 Å². The molecular formula is C65H46N2. The van der Waals surface area contributed by atoms with Crippen LogP contribution in [0.4, 0.5) is 17.1 Å². The van der Waals surface area contributed by atoms with Crippen molar-refractivity contribution < 1.29 is 0 Å². The minimum Gasteiger partial charge on any atom is -0.310 e. The molecule has 2 heteroatoms. The van der Waals surface area contributed by atoms with Crippen LogP contribution in [-0.2, 0) is 5.41 Å². The van der Waals surface area contributed by atoms with Gasteiger partial charge in [-0.25, -0.2) is 0 Å². The Balaban J connectivity index is 0.863. The number of para-hydroxylation sites is 1. The molecule has 0 amide bonds. The molecule has 0 unspecified atom stereocenters. The molecule has 1 aromatic heterocycles. The van der Waals surface area contributed by atoms with Gasteiger partial charge in [-0.2, -0.15) is 0 Å². The number of aromatic nitrogens is 1. The smallest absolute Gasteiger partial charge is 0.0541 e. The molecule has 0 radical (unpaired) electrons. The first kappa shape index (κ1) is 39.0. The van der Waals surface area contributed by atoms with E-state index >= 15 is 0 Å². The van der Waals surface area contributed by atoms with E-state index in [2.05, 4.69) is 266 Å². The first-order valence-corrected chi connectivity index (χ1v) is 23.3. The Kier molecular flexibility index (Phi) is 8.91. The largest absolute Gasteiger partial charge is 0.310 e. The third kappa shape index (κ3) is 6.48. The highest BCUT2D eigenvalue weighted by molar-refractivity contribution is 6.11. The second-order valence-corrected chi connectivity index (χ2v) is 18.6. The number of benzene rings is 11. The molecule has 1 heterocycles. The molecule has 12 aromatic rings. The zero-order valence-corrected chi connectivity index (χ0v) is 37.5. The van der Waals surface area contributed by atoms with Crippen molar-refractivity contribution in [3.8, 4) is 50.2 Å². The number of rotatable bonds is 7. The van der Waals surface area contributed by atoms with Gasteiger partial charge in [0.25, 0.3) is 0 Å². The zero-order chi connectivity index (χ0) is 44.6. The number of hydrogen-bond donors (Lipinski definition) is 0. The van der Waals surface area contributed by atoms with E-state index in [0.29, 0.717) is 0 Å². The fraction of sp³-hybridized carbons (Fsp3) is 0.0462. The van der Waals surface area contributed by atoms with Crippen LogP contribution < -0.4 is 4.90 Å². The molecule has 1 aliphatic rings. The number of hydrogen-bond acceptors (Lipinski definition) is 1. The van der Waals surface area contributed by atoms with Gasteiger partial charge in [-0.1, -0.05) is 178 Å². The Morgan fingerprint density at radius 1 is 0.313 bits per heavy atom. The monoisotopic (exact) mass is 854 g/mol. The third-order valence-electron chi connectivity index (χ3n) is 14.4. The van der Waals surface area contributed by atoms with E-state index in [1.165, 1.54) is 105 Å². The lowest BCUT2D eigenvalue weighted by Crippen LogP contribution is -2.16. The Labute approximate surface area is 391 Å². The fourth-order valence-electron chi connectivity index (χ4n) is 10.9. The lowest BCUT2D eigenvalue weighted by Gasteiger charge is -2.28. The molecule has 0 fully saturated rings. The van der Waals surface area contributed by atoms with Crippen LogP contribution in [0.3, 0.4) is 0 Å². The standard InChI is InChI=1S/C65H46N2/c1-65(2)61-20-9-7-18-57(61)58-36-35-56(42-62(58)65)66(54-32-26-46(27-33-54)51-23-22-43-12-3-5-14-47(43)39-51)53-30-24-45(25-31-53)48-16-11-17-49(38-48)52-29-37-64-60(41-52)59-19-8-10-21-63(59)67(64)55-34-28-44-13-4-6-15-50(44)40-55/h3-42H,1-2H3. The number of anilines is 3. The van der Waals surface area contributed by atoms with Gasteiger partial charge in [-0.3, -0.25) is 0 Å². The molecule has 2 nitrogen and oxygen atoms in total. The number of nitrogens with zero attached hydrogens (tertiary/aromatic N) is 2. The normalized spacial score (nSPS) is 12.7. The maximum Gasteiger partial charge on any atom is 0.0541 e. The molecule has 0 bridgehead atoms. The second kappa shape index (κ2) is 15.3. The molecule has 0 spiro atoms. The lowest BCUT2D eigenvalue weighted by molar-refractivity contribution is 0.660. The van der Waals surface area contributed by atoms with E-state index in [0.717, 1.165) is 17.1 Å². The van der Waals surface area contributed by atoms with E-state index < -0.39 is 0 Å². The molecular weight excluding hydrogens is 809 g/mol. The van der Waals surface area contributed by atoms with E-state index in [9.17, 15) is 0 Å². The van der Waals surface area contributed by atoms with Crippen LogP contribution in [0.2, 0.25) is 0 Å². The summed E-state index contributed by atoms with van der Waals surface area (Å²) in [5.74, 6) is 0. The summed E-state index contributed by atoms with van der Waals surface area (Å²) in [6.45, 7) is 4.71. The Hall–Kier alpha value is -8.46. The highest BCUT2D eigenvalue weighted by Gasteiger charge is 2.35. The minimum absolute atomic E-state index is 0.110. The SMILES string of the molecule is CC1(C)c2ccccc2-c2ccc(N(c3ccc(-c4cccc(-c5ccc6c(c5)c5ccccc5n6-c5ccc6ccccc6c5)c4)cc3)c3ccc(-c4ccc5ccccc5c4)cc3)cc21. The Bertz CT molecular complexity index is 3890. The van der Waals surface area contributed by atoms with Gasteiger partial charge in [0.1, 0.15) is 0 Å². The van der Waals surface area contributed by atoms with Crippen molar-refractivity contribution in [1.82, 2.24) is 4.57 Å². The molecule has 316 valence electrons. The van der Waals surface area contributed by atoms with Gasteiger partial charge in [0.2, 0.25) is 0 Å². The van der Waals surface area contributed by atoms with Gasteiger partial charge in [-0.15, -0.1) is 0 Å². The van der Waals surface area contributed by atoms with Crippen LogP contribution in [0.15, 0.2) is 243 Å². The Morgan fingerprint density at radius 3 is 1.58 bits per heavy atom. The van der Waals surface area contributed by atoms with Crippen LogP contribution in [0, 0.1) is 0 Å². The van der Waals surface area contributed by atoms with Crippen molar-refractivity contribution in [3.63, 3.8) is 0 Å². The summed E-state index contributed by atoms with van der Waals surface area (Å²) in [7, 11) is 0. The summed E-state index contributed by atoms with van der Waals surface area (Å²) in [5.41, 5.74) is 19.4. The van der Waals surface area contributed by atoms with Gasteiger partial charge in [0.15, 0.2) is 0 Å². The average Bonchev–Trinajstić information content (AvgIpc) is 3.84. The van der Waals surface area contributed by atoms with Crippen molar-refractivity contribution >= 4 is 60.4 Å². The summed E-state index contributed by atoms with van der Waals surface area (Å²) in [5, 5.41) is 7.50. The molecule has 0 atom stereocenters. The molecule has 13 rings (SSSR count). The van der Waals surface area contributed by atoms with Crippen molar-refractivity contribution in [2.75, 3.05) is 4.90 Å². The van der Waals surface area contributed by atoms with Gasteiger partial charge >= 0.3 is 0 Å². The third-order valence-corrected chi connectivity index (χ3v) is 14.4. The van der Waals surface area contributed by atoms with Crippen molar-refractivity contribution in [2.24, 2.45) is 0 Å². The molecule has 0 saturated heterocycles. The quantitative estimate of drug-likeness (QED) is 0.155. The fourth-order valence-corrected chi connectivity index (χ4v) is 10.9. The van der Waals surface area contributed by atoms with Crippen molar-refractivity contribution in [3.05, 3.63) is 254 Å². The van der Waals surface area contributed by atoms with E-state index in [-0.39, 0.29) is 5.41 Å². The Morgan fingerprint density at radius 2 is 0.836 bits per heavy atom. The average molecular weight is 855 g/mol. The van der Waals surface area contributed by atoms with Crippen LogP contribution >= 0.6 is 0 Å². The van der Waals surface area contributed by atoms with Crippen molar-refractivity contribution in [2.45, 2.75) is 19.3 Å². The second-order valence-electron chi connectivity index (χ2n) is 18.6. The van der Waals surface area contributed by atoms with Crippen LogP contribution in [0.25, 0.3) is 93.5 Å². The highest BCUT2D eigenvalue weighted by Crippen LogP contribution is 2.51. The summed E-state index contributed by atoms with van der Waals surface area (Å²) in [6.07, 6.45) is 0. The maximum absolute atomic E-state index is 2.42. The summed E-state index contributed by atoms with van der Waals surface area (Å²) >= 11 is 0. The summed E-state index contributed by atoms with van der Waals surface area (Å²) in [4.78, 5) is 2.41. The molecule has 11 aromatic carbocycles. The maximum atomic E-state index is 2.42. The molecule has 0 N–H and O–H groups in total. The van der Waals surface area contributed by atoms with Crippen LogP contribution in [0.5, 0.6) is 0 Å². The van der Waals surface area contributed by atoms with Crippen LogP contribution in [0.1, 0.15) is 25.0 Å². The summed E-state index contributed by atoms with van der Waals surface area (Å²) in [6, 6.07) is 89.5. The molecule has 0 aliphatic heterocycles. The highest BCUT2D eigenvalue weighted by atomic mass is 15.1. The lowest BCUT2D eigenvalue weighted by atomic mass is 9.82. The molecule has 67 heavy (non-hydrogen) atoms. The predicted molar refractivity (Wildman–Crippen MR) is 284 cm³/mol. The van der Waals surface area contributed by atoms with Gasteiger partial charge in [0.05, 0.1) is 11.0 Å². The van der Waals surface area contributed by atoms with Crippen LogP contribution in [-0.4, -0.2) is 4.57 Å². The summed E-state index contributed by atoms with van der Waals surface area (Å²) < 4.78 is 2.41. The van der Waals surface area contributed by atoms with Gasteiger partial charge in [-0.05, 0) is 156 Å². The van der Waals surface area contributed by atoms with Crippen molar-refractivity contribution in [1.29, 1.82) is 0 Å². The van der Waals surface area contributed by atoms with Gasteiger partial charge in [0, 0.05) is 38.9 Å². The first-order chi connectivity index (χ1) is 32.9. The molecule has 0 saturated carbocycles. The topological polar surface area (TPSA) is 8.17 Å². The van der Waals surface area contributed by atoms with E-state index in [4.69, 9.17) is 0 Å². The number of fused-ring (bicyclic) bond motifs is 8. The predicted octanol–water partition coefficient (Wildman–Crippen LogP) is 17.9. The first-order valence-electron chi connectivity index (χ1n) is 23.3. The van der Waals surface area contributed by atoms with E-state index in [1.807, 2.05) is 0 Å².